The first kappa shape index (κ1) is 10.1. The molecule has 0 radical (unpaired) electrons. The van der Waals surface area contributed by atoms with E-state index < -0.39 is 0 Å². The highest BCUT2D eigenvalue weighted by atomic mass is 35.5. The standard InChI is InChI=1S/C11H8ClFN2/c1-7-6-14-11(15-10(7)12)8-2-4-9(13)5-3-8/h2-6H,1H3. The van der Waals surface area contributed by atoms with E-state index in [1.54, 1.807) is 18.3 Å². The van der Waals surface area contributed by atoms with Crippen LogP contribution in [0.5, 0.6) is 0 Å². The first-order valence-electron chi connectivity index (χ1n) is 4.42. The van der Waals surface area contributed by atoms with Gasteiger partial charge in [-0.1, -0.05) is 11.6 Å². The Bertz CT molecular complexity index is 482. The Morgan fingerprint density at radius 3 is 2.47 bits per heavy atom. The molecule has 0 amide bonds. The van der Waals surface area contributed by atoms with Crippen LogP contribution in [0.1, 0.15) is 5.56 Å². The molecule has 0 atom stereocenters. The first-order valence-corrected chi connectivity index (χ1v) is 4.79. The van der Waals surface area contributed by atoms with E-state index in [-0.39, 0.29) is 5.82 Å². The van der Waals surface area contributed by atoms with Crippen LogP contribution < -0.4 is 0 Å². The maximum Gasteiger partial charge on any atom is 0.160 e. The zero-order valence-corrected chi connectivity index (χ0v) is 8.79. The highest BCUT2D eigenvalue weighted by molar-refractivity contribution is 6.30. The van der Waals surface area contributed by atoms with Crippen molar-refractivity contribution in [2.75, 3.05) is 0 Å². The second-order valence-corrected chi connectivity index (χ2v) is 3.53. The molecule has 76 valence electrons. The molecule has 0 aliphatic carbocycles. The van der Waals surface area contributed by atoms with Crippen molar-refractivity contribution in [2.45, 2.75) is 6.92 Å². The van der Waals surface area contributed by atoms with E-state index in [4.69, 9.17) is 11.6 Å². The van der Waals surface area contributed by atoms with Crippen LogP contribution in [-0.4, -0.2) is 9.97 Å². The number of halogens is 2. The van der Waals surface area contributed by atoms with Crippen molar-refractivity contribution in [2.24, 2.45) is 0 Å². The van der Waals surface area contributed by atoms with Crippen LogP contribution in [0.15, 0.2) is 30.5 Å². The smallest absolute Gasteiger partial charge is 0.160 e. The fourth-order valence-electron chi connectivity index (χ4n) is 1.16. The minimum atomic E-state index is -0.281. The summed E-state index contributed by atoms with van der Waals surface area (Å²) in [6.45, 7) is 1.83. The van der Waals surface area contributed by atoms with E-state index in [0.717, 1.165) is 11.1 Å². The maximum absolute atomic E-state index is 12.7. The normalized spacial score (nSPS) is 10.3. The average molecular weight is 223 g/mol. The van der Waals surface area contributed by atoms with Crippen LogP contribution in [0, 0.1) is 12.7 Å². The minimum Gasteiger partial charge on any atom is -0.236 e. The van der Waals surface area contributed by atoms with Crippen molar-refractivity contribution in [1.29, 1.82) is 0 Å². The SMILES string of the molecule is Cc1cnc(-c2ccc(F)cc2)nc1Cl. The molecule has 0 saturated heterocycles. The lowest BCUT2D eigenvalue weighted by molar-refractivity contribution is 0.628. The van der Waals surface area contributed by atoms with Gasteiger partial charge in [-0.25, -0.2) is 14.4 Å². The van der Waals surface area contributed by atoms with E-state index in [9.17, 15) is 4.39 Å². The van der Waals surface area contributed by atoms with E-state index >= 15 is 0 Å². The van der Waals surface area contributed by atoms with Crippen LogP contribution in [0.3, 0.4) is 0 Å². The average Bonchev–Trinajstić information content (AvgIpc) is 2.23. The van der Waals surface area contributed by atoms with Gasteiger partial charge in [0.1, 0.15) is 11.0 Å². The molecule has 2 aromatic rings. The van der Waals surface area contributed by atoms with E-state index in [1.807, 2.05) is 6.92 Å². The zero-order valence-electron chi connectivity index (χ0n) is 8.04. The number of aromatic nitrogens is 2. The fourth-order valence-corrected chi connectivity index (χ4v) is 1.29. The Hall–Kier alpha value is -1.48. The second-order valence-electron chi connectivity index (χ2n) is 3.17. The van der Waals surface area contributed by atoms with Crippen molar-refractivity contribution >= 4 is 11.6 Å². The quantitative estimate of drug-likeness (QED) is 0.693. The Labute approximate surface area is 91.8 Å². The van der Waals surface area contributed by atoms with Gasteiger partial charge >= 0.3 is 0 Å². The summed E-state index contributed by atoms with van der Waals surface area (Å²) in [6.07, 6.45) is 1.65. The lowest BCUT2D eigenvalue weighted by Gasteiger charge is -2.01. The number of benzene rings is 1. The van der Waals surface area contributed by atoms with Gasteiger partial charge in [0.05, 0.1) is 0 Å². The third-order valence-electron chi connectivity index (χ3n) is 2.01. The van der Waals surface area contributed by atoms with Gasteiger partial charge in [-0.05, 0) is 31.2 Å². The molecule has 0 saturated carbocycles. The molecule has 0 unspecified atom stereocenters. The molecule has 0 N–H and O–H groups in total. The number of hydrogen-bond donors (Lipinski definition) is 0. The molecule has 0 aliphatic heterocycles. The Morgan fingerprint density at radius 1 is 1.20 bits per heavy atom. The summed E-state index contributed by atoms with van der Waals surface area (Å²) >= 11 is 5.87. The van der Waals surface area contributed by atoms with Gasteiger partial charge < -0.3 is 0 Å². The van der Waals surface area contributed by atoms with Crippen molar-refractivity contribution in [3.8, 4) is 11.4 Å². The van der Waals surface area contributed by atoms with Gasteiger partial charge in [0, 0.05) is 17.3 Å². The molecule has 0 aliphatic rings. The predicted molar refractivity (Wildman–Crippen MR) is 57.2 cm³/mol. The number of aryl methyl sites for hydroxylation is 1. The maximum atomic E-state index is 12.7. The summed E-state index contributed by atoms with van der Waals surface area (Å²) in [4.78, 5) is 8.23. The molecule has 0 bridgehead atoms. The molecular weight excluding hydrogens is 215 g/mol. The number of nitrogens with zero attached hydrogens (tertiary/aromatic N) is 2. The van der Waals surface area contributed by atoms with Crippen LogP contribution >= 0.6 is 11.6 Å². The van der Waals surface area contributed by atoms with Gasteiger partial charge in [0.25, 0.3) is 0 Å². The largest absolute Gasteiger partial charge is 0.236 e. The molecule has 15 heavy (non-hydrogen) atoms. The van der Waals surface area contributed by atoms with Gasteiger partial charge in [-0.2, -0.15) is 0 Å². The van der Waals surface area contributed by atoms with Crippen molar-refractivity contribution in [3.05, 3.63) is 47.0 Å². The van der Waals surface area contributed by atoms with Crippen LogP contribution in [-0.2, 0) is 0 Å². The molecule has 0 spiro atoms. The van der Waals surface area contributed by atoms with Crippen molar-refractivity contribution < 1.29 is 4.39 Å². The summed E-state index contributed by atoms with van der Waals surface area (Å²) in [5.74, 6) is 0.225. The lowest BCUT2D eigenvalue weighted by Crippen LogP contribution is -1.91. The minimum absolute atomic E-state index is 0.281. The summed E-state index contributed by atoms with van der Waals surface area (Å²) in [5, 5.41) is 0.421. The van der Waals surface area contributed by atoms with Gasteiger partial charge in [0.15, 0.2) is 5.82 Å². The van der Waals surface area contributed by atoms with Crippen LogP contribution in [0.25, 0.3) is 11.4 Å². The third-order valence-corrected chi connectivity index (χ3v) is 2.39. The van der Waals surface area contributed by atoms with Crippen molar-refractivity contribution in [3.63, 3.8) is 0 Å². The molecule has 2 nitrogen and oxygen atoms in total. The first-order chi connectivity index (χ1) is 7.16. The predicted octanol–water partition coefficient (Wildman–Crippen LogP) is 3.24. The Kier molecular flexibility index (Phi) is 2.64. The summed E-state index contributed by atoms with van der Waals surface area (Å²) in [7, 11) is 0. The molecular formula is C11H8ClFN2. The molecule has 0 fully saturated rings. The summed E-state index contributed by atoms with van der Waals surface area (Å²) in [5.41, 5.74) is 1.57. The van der Waals surface area contributed by atoms with Gasteiger partial charge in [0.2, 0.25) is 0 Å². The van der Waals surface area contributed by atoms with E-state index in [1.165, 1.54) is 12.1 Å². The highest BCUT2D eigenvalue weighted by Gasteiger charge is 2.03. The van der Waals surface area contributed by atoms with Crippen molar-refractivity contribution in [1.82, 2.24) is 9.97 Å². The van der Waals surface area contributed by atoms with Gasteiger partial charge in [-0.15, -0.1) is 0 Å². The number of rotatable bonds is 1. The molecule has 4 heteroatoms. The summed E-state index contributed by atoms with van der Waals surface area (Å²) < 4.78 is 12.7. The molecule has 2 rings (SSSR count). The van der Waals surface area contributed by atoms with Crippen LogP contribution in [0.2, 0.25) is 5.15 Å². The molecule has 1 heterocycles. The monoisotopic (exact) mass is 222 g/mol. The summed E-state index contributed by atoms with van der Waals surface area (Å²) in [6, 6.07) is 5.98. The van der Waals surface area contributed by atoms with E-state index in [2.05, 4.69) is 9.97 Å². The fraction of sp³-hybridized carbons (Fsp3) is 0.0909. The topological polar surface area (TPSA) is 25.8 Å². The number of hydrogen-bond acceptors (Lipinski definition) is 2. The third kappa shape index (κ3) is 2.13. The van der Waals surface area contributed by atoms with Crippen LogP contribution in [0.4, 0.5) is 4.39 Å². The van der Waals surface area contributed by atoms with Gasteiger partial charge in [-0.3, -0.25) is 0 Å². The molecule has 1 aromatic carbocycles. The molecule has 1 aromatic heterocycles. The lowest BCUT2D eigenvalue weighted by atomic mass is 10.2. The van der Waals surface area contributed by atoms with E-state index in [0.29, 0.717) is 11.0 Å². The Balaban J connectivity index is 2.45. The Morgan fingerprint density at radius 2 is 1.87 bits per heavy atom. The highest BCUT2D eigenvalue weighted by Crippen LogP contribution is 2.18. The second kappa shape index (κ2) is 3.95. The zero-order chi connectivity index (χ0) is 10.8.